The van der Waals surface area contributed by atoms with Crippen LogP contribution in [0.15, 0.2) is 9.98 Å². The molecule has 5 aliphatic rings. The van der Waals surface area contributed by atoms with Crippen LogP contribution in [-0.2, 0) is 0 Å². The van der Waals surface area contributed by atoms with Gasteiger partial charge in [0.05, 0.1) is 0 Å². The number of hydrogen-bond donors (Lipinski definition) is 0. The maximum absolute atomic E-state index is 4.90. The number of guanidine groups is 2. The molecule has 1 aliphatic carbocycles. The minimum absolute atomic E-state index is 0.708. The van der Waals surface area contributed by atoms with E-state index in [2.05, 4.69) is 19.6 Å². The van der Waals surface area contributed by atoms with Crippen molar-refractivity contribution in [2.45, 2.75) is 63.5 Å². The average molecular weight is 359 g/mol. The van der Waals surface area contributed by atoms with Gasteiger partial charge < -0.3 is 19.6 Å². The van der Waals surface area contributed by atoms with Crippen LogP contribution < -0.4 is 0 Å². The standard InChI is InChI=1S/C20H34N6/c1-9-21-19-23(11-1)13-3-15-25(19)17-5-7-18(8-6-17)26-16-4-14-24-12-2-10-22-20(24)26/h17-18H,1-16H2. The molecular weight excluding hydrogens is 324 g/mol. The molecule has 26 heavy (non-hydrogen) atoms. The summed E-state index contributed by atoms with van der Waals surface area (Å²) in [5, 5.41) is 0. The highest BCUT2D eigenvalue weighted by molar-refractivity contribution is 5.82. The van der Waals surface area contributed by atoms with Crippen molar-refractivity contribution in [1.82, 2.24) is 19.6 Å². The molecule has 0 aromatic rings. The van der Waals surface area contributed by atoms with E-state index >= 15 is 0 Å². The molecule has 3 fully saturated rings. The van der Waals surface area contributed by atoms with Gasteiger partial charge in [0.2, 0.25) is 0 Å². The minimum atomic E-state index is 0.708. The highest BCUT2D eigenvalue weighted by Crippen LogP contribution is 2.31. The molecule has 6 heteroatoms. The molecular formula is C20H34N6. The van der Waals surface area contributed by atoms with Gasteiger partial charge in [-0.15, -0.1) is 0 Å². The molecule has 0 N–H and O–H groups in total. The lowest BCUT2D eigenvalue weighted by Gasteiger charge is -2.49. The van der Waals surface area contributed by atoms with E-state index in [1.54, 1.807) is 0 Å². The Kier molecular flexibility index (Phi) is 4.67. The SMILES string of the molecule is C1CN=C2N(C1)CCCN2C1CCC(N2CCCN3CCCN=C32)CC1. The summed E-state index contributed by atoms with van der Waals surface area (Å²) >= 11 is 0. The van der Waals surface area contributed by atoms with Crippen LogP contribution in [-0.4, -0.2) is 96.0 Å². The highest BCUT2D eigenvalue weighted by Gasteiger charge is 2.37. The second-order valence-electron chi connectivity index (χ2n) is 8.60. The maximum Gasteiger partial charge on any atom is 0.196 e. The molecule has 6 nitrogen and oxygen atoms in total. The first-order valence-electron chi connectivity index (χ1n) is 11.0. The lowest BCUT2D eigenvalue weighted by Crippen LogP contribution is -2.59. The van der Waals surface area contributed by atoms with E-state index in [0.29, 0.717) is 12.1 Å². The Labute approximate surface area is 157 Å². The summed E-state index contributed by atoms with van der Waals surface area (Å²) in [4.78, 5) is 20.2. The molecule has 0 atom stereocenters. The van der Waals surface area contributed by atoms with Crippen molar-refractivity contribution >= 4 is 11.9 Å². The van der Waals surface area contributed by atoms with Gasteiger partial charge in [0.1, 0.15) is 0 Å². The normalized spacial score (nSPS) is 32.6. The lowest BCUT2D eigenvalue weighted by atomic mass is 9.88. The van der Waals surface area contributed by atoms with E-state index in [-0.39, 0.29) is 0 Å². The predicted molar refractivity (Wildman–Crippen MR) is 106 cm³/mol. The molecule has 0 aromatic heterocycles. The van der Waals surface area contributed by atoms with E-state index in [0.717, 1.165) is 13.1 Å². The quantitative estimate of drug-likeness (QED) is 0.755. The van der Waals surface area contributed by atoms with Crippen LogP contribution in [0, 0.1) is 0 Å². The van der Waals surface area contributed by atoms with E-state index < -0.39 is 0 Å². The van der Waals surface area contributed by atoms with E-state index in [1.165, 1.54) is 103 Å². The zero-order valence-corrected chi connectivity index (χ0v) is 16.2. The average Bonchev–Trinajstić information content (AvgIpc) is 2.73. The first-order chi connectivity index (χ1) is 12.9. The molecule has 5 rings (SSSR count). The Hall–Kier alpha value is -1.46. The van der Waals surface area contributed by atoms with E-state index in [1.807, 2.05) is 0 Å². The van der Waals surface area contributed by atoms with E-state index in [4.69, 9.17) is 9.98 Å². The van der Waals surface area contributed by atoms with Crippen LogP contribution in [0.4, 0.5) is 0 Å². The Morgan fingerprint density at radius 3 is 1.42 bits per heavy atom. The first kappa shape index (κ1) is 16.7. The van der Waals surface area contributed by atoms with Crippen LogP contribution >= 0.6 is 0 Å². The van der Waals surface area contributed by atoms with E-state index in [9.17, 15) is 0 Å². The van der Waals surface area contributed by atoms with Gasteiger partial charge in [-0.3, -0.25) is 9.98 Å². The summed E-state index contributed by atoms with van der Waals surface area (Å²) in [5.74, 6) is 2.65. The number of fused-ring (bicyclic) bond motifs is 2. The molecule has 0 aromatic carbocycles. The molecule has 0 spiro atoms. The number of nitrogens with zero attached hydrogens (tertiary/aromatic N) is 6. The summed E-state index contributed by atoms with van der Waals surface area (Å²) in [6.07, 6.45) is 10.4. The summed E-state index contributed by atoms with van der Waals surface area (Å²) in [7, 11) is 0. The summed E-state index contributed by atoms with van der Waals surface area (Å²) in [5.41, 5.74) is 0. The predicted octanol–water partition coefficient (Wildman–Crippen LogP) is 1.83. The Morgan fingerprint density at radius 2 is 0.962 bits per heavy atom. The molecule has 2 saturated heterocycles. The maximum atomic E-state index is 4.90. The summed E-state index contributed by atoms with van der Waals surface area (Å²) in [6, 6.07) is 1.42. The molecule has 4 aliphatic heterocycles. The van der Waals surface area contributed by atoms with Crippen molar-refractivity contribution in [2.24, 2.45) is 9.98 Å². The van der Waals surface area contributed by atoms with Crippen molar-refractivity contribution in [3.63, 3.8) is 0 Å². The Balaban J connectivity index is 1.23. The fraction of sp³-hybridized carbons (Fsp3) is 0.900. The largest absolute Gasteiger partial charge is 0.343 e. The monoisotopic (exact) mass is 358 g/mol. The summed E-state index contributed by atoms with van der Waals surface area (Å²) in [6.45, 7) is 9.36. The van der Waals surface area contributed by atoms with Gasteiger partial charge in [-0.2, -0.15) is 0 Å². The van der Waals surface area contributed by atoms with Crippen LogP contribution in [0.5, 0.6) is 0 Å². The zero-order valence-electron chi connectivity index (χ0n) is 16.2. The molecule has 0 radical (unpaired) electrons. The topological polar surface area (TPSA) is 37.7 Å². The van der Waals surface area contributed by atoms with Gasteiger partial charge in [-0.25, -0.2) is 0 Å². The fourth-order valence-corrected chi connectivity index (χ4v) is 5.69. The van der Waals surface area contributed by atoms with Gasteiger partial charge in [-0.1, -0.05) is 0 Å². The third-order valence-electron chi connectivity index (χ3n) is 6.96. The van der Waals surface area contributed by atoms with Gasteiger partial charge in [0.25, 0.3) is 0 Å². The number of rotatable bonds is 2. The van der Waals surface area contributed by atoms with Gasteiger partial charge >= 0.3 is 0 Å². The van der Waals surface area contributed by atoms with Gasteiger partial charge in [-0.05, 0) is 51.4 Å². The second kappa shape index (κ2) is 7.28. The van der Waals surface area contributed by atoms with Crippen molar-refractivity contribution < 1.29 is 0 Å². The Morgan fingerprint density at radius 1 is 0.538 bits per heavy atom. The number of hydrogen-bond acceptors (Lipinski definition) is 6. The molecule has 0 amide bonds. The van der Waals surface area contributed by atoms with Crippen molar-refractivity contribution in [3.05, 3.63) is 0 Å². The zero-order chi connectivity index (χ0) is 17.3. The third-order valence-corrected chi connectivity index (χ3v) is 6.96. The van der Waals surface area contributed by atoms with Gasteiger partial charge in [0.15, 0.2) is 11.9 Å². The minimum Gasteiger partial charge on any atom is -0.343 e. The first-order valence-corrected chi connectivity index (χ1v) is 11.0. The smallest absolute Gasteiger partial charge is 0.196 e. The molecule has 0 unspecified atom stereocenters. The highest BCUT2D eigenvalue weighted by atomic mass is 15.4. The van der Waals surface area contributed by atoms with Gasteiger partial charge in [0, 0.05) is 64.4 Å². The molecule has 144 valence electrons. The van der Waals surface area contributed by atoms with Crippen molar-refractivity contribution in [3.8, 4) is 0 Å². The fourth-order valence-electron chi connectivity index (χ4n) is 5.69. The molecule has 1 saturated carbocycles. The summed E-state index contributed by atoms with van der Waals surface area (Å²) < 4.78 is 0. The van der Waals surface area contributed by atoms with Crippen LogP contribution in [0.3, 0.4) is 0 Å². The third kappa shape index (κ3) is 3.05. The lowest BCUT2D eigenvalue weighted by molar-refractivity contribution is 0.120. The Bertz CT molecular complexity index is 515. The van der Waals surface area contributed by atoms with Crippen LogP contribution in [0.2, 0.25) is 0 Å². The second-order valence-corrected chi connectivity index (χ2v) is 8.60. The van der Waals surface area contributed by atoms with Crippen molar-refractivity contribution in [1.29, 1.82) is 0 Å². The van der Waals surface area contributed by atoms with Crippen molar-refractivity contribution in [2.75, 3.05) is 52.4 Å². The molecule has 4 heterocycles. The molecule has 0 bridgehead atoms. The van der Waals surface area contributed by atoms with Crippen LogP contribution in [0.25, 0.3) is 0 Å². The van der Waals surface area contributed by atoms with Crippen LogP contribution in [0.1, 0.15) is 51.4 Å². The number of aliphatic imine (C=N–C) groups is 2.